The fourth-order valence-corrected chi connectivity index (χ4v) is 2.35. The van der Waals surface area contributed by atoms with Crippen LogP contribution in [0.15, 0.2) is 18.3 Å². The summed E-state index contributed by atoms with van der Waals surface area (Å²) in [6.07, 6.45) is 2.47. The lowest BCUT2D eigenvalue weighted by molar-refractivity contribution is 0.0696. The number of nitrogens with one attached hydrogen (secondary N) is 1. The Hall–Kier alpha value is -1.58. The van der Waals surface area contributed by atoms with Crippen molar-refractivity contribution in [3.63, 3.8) is 0 Å². The first-order valence-electron chi connectivity index (χ1n) is 6.07. The minimum absolute atomic E-state index is 0.137. The topological polar surface area (TPSA) is 62.2 Å². The van der Waals surface area contributed by atoms with Crippen LogP contribution in [0.4, 0.5) is 5.82 Å². The van der Waals surface area contributed by atoms with Gasteiger partial charge in [0.05, 0.1) is 5.56 Å². The van der Waals surface area contributed by atoms with Crippen molar-refractivity contribution in [1.29, 1.82) is 0 Å². The minimum atomic E-state index is -0.936. The number of rotatable bonds is 4. The lowest BCUT2D eigenvalue weighted by atomic mass is 9.82. The van der Waals surface area contributed by atoms with Gasteiger partial charge in [0.1, 0.15) is 5.82 Å². The van der Waals surface area contributed by atoms with E-state index >= 15 is 0 Å². The Morgan fingerprint density at radius 3 is 2.44 bits per heavy atom. The molecular formula is C14H22N2O2. The highest BCUT2D eigenvalue weighted by Gasteiger charge is 2.25. The largest absolute Gasteiger partial charge is 0.478 e. The molecule has 0 spiro atoms. The highest BCUT2D eigenvalue weighted by Crippen LogP contribution is 2.29. The van der Waals surface area contributed by atoms with Crippen molar-refractivity contribution in [3.05, 3.63) is 23.9 Å². The number of aromatic carboxylic acids is 1. The molecule has 0 atom stereocenters. The van der Waals surface area contributed by atoms with Crippen molar-refractivity contribution < 1.29 is 9.90 Å². The summed E-state index contributed by atoms with van der Waals surface area (Å²) in [6, 6.07) is 3.05. The van der Waals surface area contributed by atoms with Gasteiger partial charge >= 0.3 is 5.97 Å². The standard InChI is InChI=1S/C14H22N2O2/c1-13(2,3)9-14(4,5)16-11-8-10(12(17)18)6-7-15-11/h6-8H,9H2,1-5H3,(H,15,16)(H,17,18). The van der Waals surface area contributed by atoms with E-state index in [0.29, 0.717) is 5.82 Å². The van der Waals surface area contributed by atoms with Gasteiger partial charge in [-0.05, 0) is 37.8 Å². The van der Waals surface area contributed by atoms with E-state index < -0.39 is 5.97 Å². The monoisotopic (exact) mass is 250 g/mol. The zero-order valence-corrected chi connectivity index (χ0v) is 11.7. The van der Waals surface area contributed by atoms with Crippen LogP contribution in [-0.2, 0) is 0 Å². The van der Waals surface area contributed by atoms with Crippen LogP contribution >= 0.6 is 0 Å². The SMILES string of the molecule is CC(C)(C)CC(C)(C)Nc1cc(C(=O)O)ccn1. The first kappa shape index (κ1) is 14.5. The average Bonchev–Trinajstić information content (AvgIpc) is 2.12. The van der Waals surface area contributed by atoms with Gasteiger partial charge < -0.3 is 10.4 Å². The Kier molecular flexibility index (Phi) is 3.99. The number of pyridine rings is 1. The molecule has 0 unspecified atom stereocenters. The number of anilines is 1. The molecular weight excluding hydrogens is 228 g/mol. The molecule has 0 aromatic carbocycles. The summed E-state index contributed by atoms with van der Waals surface area (Å²) in [6.45, 7) is 10.7. The summed E-state index contributed by atoms with van der Waals surface area (Å²) in [4.78, 5) is 15.1. The summed E-state index contributed by atoms with van der Waals surface area (Å²) in [5.41, 5.74) is 0.308. The van der Waals surface area contributed by atoms with E-state index in [1.807, 2.05) is 0 Å². The molecule has 0 saturated carbocycles. The van der Waals surface area contributed by atoms with E-state index in [1.165, 1.54) is 12.3 Å². The Morgan fingerprint density at radius 2 is 1.94 bits per heavy atom. The fraction of sp³-hybridized carbons (Fsp3) is 0.571. The fourth-order valence-electron chi connectivity index (χ4n) is 2.35. The van der Waals surface area contributed by atoms with Crippen LogP contribution in [0.3, 0.4) is 0 Å². The van der Waals surface area contributed by atoms with Crippen LogP contribution in [0.1, 0.15) is 51.4 Å². The zero-order chi connectivity index (χ0) is 14.0. The summed E-state index contributed by atoms with van der Waals surface area (Å²) in [7, 11) is 0. The third-order valence-electron chi connectivity index (χ3n) is 2.45. The number of carboxylic acids is 1. The highest BCUT2D eigenvalue weighted by molar-refractivity contribution is 5.88. The first-order chi connectivity index (χ1) is 8.09. The van der Waals surface area contributed by atoms with Gasteiger partial charge in [0, 0.05) is 11.7 Å². The number of carboxylic acid groups (broad SMARTS) is 1. The molecule has 0 bridgehead atoms. The quantitative estimate of drug-likeness (QED) is 0.859. The molecule has 0 aliphatic rings. The Labute approximate surface area is 108 Å². The maximum absolute atomic E-state index is 10.9. The van der Waals surface area contributed by atoms with Gasteiger partial charge in [0.25, 0.3) is 0 Å². The molecule has 1 aromatic rings. The Bertz CT molecular complexity index is 434. The van der Waals surface area contributed by atoms with E-state index in [4.69, 9.17) is 5.11 Å². The van der Waals surface area contributed by atoms with Crippen LogP contribution < -0.4 is 5.32 Å². The van der Waals surface area contributed by atoms with Crippen molar-refractivity contribution >= 4 is 11.8 Å². The predicted molar refractivity (Wildman–Crippen MR) is 73.0 cm³/mol. The molecule has 0 radical (unpaired) electrons. The van der Waals surface area contributed by atoms with Gasteiger partial charge in [-0.3, -0.25) is 0 Å². The second-order valence-electron chi connectivity index (χ2n) is 6.48. The van der Waals surface area contributed by atoms with Crippen molar-refractivity contribution in [2.75, 3.05) is 5.32 Å². The molecule has 1 aromatic heterocycles. The van der Waals surface area contributed by atoms with Crippen molar-refractivity contribution in [1.82, 2.24) is 4.98 Å². The summed E-state index contributed by atoms with van der Waals surface area (Å²) in [5, 5.41) is 12.2. The third kappa shape index (κ3) is 4.73. The molecule has 0 fully saturated rings. The van der Waals surface area contributed by atoms with Crippen molar-refractivity contribution in [3.8, 4) is 0 Å². The van der Waals surface area contributed by atoms with Gasteiger partial charge in [-0.15, -0.1) is 0 Å². The maximum Gasteiger partial charge on any atom is 0.335 e. The molecule has 4 heteroatoms. The number of carbonyl (C=O) groups is 1. The van der Waals surface area contributed by atoms with E-state index in [2.05, 4.69) is 44.9 Å². The molecule has 100 valence electrons. The van der Waals surface area contributed by atoms with Crippen LogP contribution in [0.5, 0.6) is 0 Å². The Morgan fingerprint density at radius 1 is 1.33 bits per heavy atom. The van der Waals surface area contributed by atoms with Crippen LogP contribution in [-0.4, -0.2) is 21.6 Å². The average molecular weight is 250 g/mol. The Balaban J connectivity index is 2.84. The normalized spacial score (nSPS) is 12.3. The van der Waals surface area contributed by atoms with E-state index in [-0.39, 0.29) is 16.5 Å². The van der Waals surface area contributed by atoms with Crippen molar-refractivity contribution in [2.24, 2.45) is 5.41 Å². The molecule has 1 rings (SSSR count). The predicted octanol–water partition coefficient (Wildman–Crippen LogP) is 3.41. The second kappa shape index (κ2) is 4.96. The molecule has 0 aliphatic heterocycles. The molecule has 1 heterocycles. The molecule has 0 saturated heterocycles. The number of hydrogen-bond donors (Lipinski definition) is 2. The third-order valence-corrected chi connectivity index (χ3v) is 2.45. The number of aromatic nitrogens is 1. The molecule has 18 heavy (non-hydrogen) atoms. The van der Waals surface area contributed by atoms with Gasteiger partial charge in [-0.25, -0.2) is 9.78 Å². The second-order valence-corrected chi connectivity index (χ2v) is 6.48. The smallest absolute Gasteiger partial charge is 0.335 e. The van der Waals surface area contributed by atoms with Gasteiger partial charge in [0.2, 0.25) is 0 Å². The maximum atomic E-state index is 10.9. The van der Waals surface area contributed by atoms with Crippen LogP contribution in [0.25, 0.3) is 0 Å². The molecule has 4 nitrogen and oxygen atoms in total. The summed E-state index contributed by atoms with van der Waals surface area (Å²) >= 11 is 0. The summed E-state index contributed by atoms with van der Waals surface area (Å²) in [5.74, 6) is -0.335. The van der Waals surface area contributed by atoms with E-state index in [9.17, 15) is 4.79 Å². The molecule has 2 N–H and O–H groups in total. The van der Waals surface area contributed by atoms with E-state index in [1.54, 1.807) is 6.07 Å². The van der Waals surface area contributed by atoms with E-state index in [0.717, 1.165) is 6.42 Å². The highest BCUT2D eigenvalue weighted by atomic mass is 16.4. The van der Waals surface area contributed by atoms with Gasteiger partial charge in [-0.1, -0.05) is 20.8 Å². The minimum Gasteiger partial charge on any atom is -0.478 e. The molecule has 0 aliphatic carbocycles. The van der Waals surface area contributed by atoms with Gasteiger partial charge in [-0.2, -0.15) is 0 Å². The zero-order valence-electron chi connectivity index (χ0n) is 11.7. The lowest BCUT2D eigenvalue weighted by Crippen LogP contribution is -2.35. The lowest BCUT2D eigenvalue weighted by Gasteiger charge is -2.33. The summed E-state index contributed by atoms with van der Waals surface area (Å²) < 4.78 is 0. The van der Waals surface area contributed by atoms with Gasteiger partial charge in [0.15, 0.2) is 0 Å². The van der Waals surface area contributed by atoms with Crippen LogP contribution in [0, 0.1) is 5.41 Å². The molecule has 0 amide bonds. The van der Waals surface area contributed by atoms with Crippen LogP contribution in [0.2, 0.25) is 0 Å². The number of nitrogens with zero attached hydrogens (tertiary/aromatic N) is 1. The van der Waals surface area contributed by atoms with Crippen molar-refractivity contribution in [2.45, 2.75) is 46.6 Å². The first-order valence-corrected chi connectivity index (χ1v) is 6.07. The number of hydrogen-bond acceptors (Lipinski definition) is 3.